The van der Waals surface area contributed by atoms with Crippen molar-refractivity contribution in [1.29, 1.82) is 0 Å². The lowest BCUT2D eigenvalue weighted by Gasteiger charge is -2.17. The van der Waals surface area contributed by atoms with Gasteiger partial charge in [0, 0.05) is 13.5 Å². The van der Waals surface area contributed by atoms with Crippen LogP contribution in [0.15, 0.2) is 43.0 Å². The van der Waals surface area contributed by atoms with E-state index in [4.69, 9.17) is 14.2 Å². The molecule has 2 rings (SSSR count). The van der Waals surface area contributed by atoms with Crippen LogP contribution in [0.1, 0.15) is 18.4 Å². The molecule has 1 heterocycles. The van der Waals surface area contributed by atoms with Crippen molar-refractivity contribution in [3.63, 3.8) is 0 Å². The zero-order valence-electron chi connectivity index (χ0n) is 10.7. The highest BCUT2D eigenvalue weighted by Gasteiger charge is 2.35. The fourth-order valence-corrected chi connectivity index (χ4v) is 2.16. The quantitative estimate of drug-likeness (QED) is 0.724. The summed E-state index contributed by atoms with van der Waals surface area (Å²) in [6.45, 7) is 4.36. The lowest BCUT2D eigenvalue weighted by molar-refractivity contribution is -0.118. The molecule has 98 valence electrons. The molecule has 3 nitrogen and oxygen atoms in total. The standard InChI is InChI=1S/C15H20O3/c1-3-7-13-14(10-15(16-2)18-13)17-11-12-8-5-4-6-9-12/h3-6,8-9,13-15H,1,7,10-11H2,2H3/t13-,14+,15+/m1/s1. The van der Waals surface area contributed by atoms with Crippen LogP contribution in [-0.4, -0.2) is 25.6 Å². The molecule has 0 spiro atoms. The molecular weight excluding hydrogens is 228 g/mol. The number of rotatable bonds is 6. The number of hydrogen-bond donors (Lipinski definition) is 0. The second-order valence-electron chi connectivity index (χ2n) is 4.43. The van der Waals surface area contributed by atoms with Gasteiger partial charge in [-0.3, -0.25) is 0 Å². The molecule has 3 heteroatoms. The minimum absolute atomic E-state index is 0.0520. The molecule has 1 fully saturated rings. The molecule has 1 aromatic carbocycles. The van der Waals surface area contributed by atoms with Crippen molar-refractivity contribution in [3.8, 4) is 0 Å². The Hall–Kier alpha value is -1.16. The second-order valence-corrected chi connectivity index (χ2v) is 4.43. The van der Waals surface area contributed by atoms with Crippen molar-refractivity contribution >= 4 is 0 Å². The van der Waals surface area contributed by atoms with Crippen molar-refractivity contribution in [3.05, 3.63) is 48.6 Å². The molecule has 0 aromatic heterocycles. The number of benzene rings is 1. The molecule has 0 amide bonds. The number of methoxy groups -OCH3 is 1. The maximum Gasteiger partial charge on any atom is 0.160 e. The SMILES string of the molecule is C=CC[C@H]1O[C@H](OC)C[C@@H]1OCc1ccccc1. The molecule has 0 aliphatic carbocycles. The summed E-state index contributed by atoms with van der Waals surface area (Å²) < 4.78 is 16.9. The van der Waals surface area contributed by atoms with E-state index in [1.54, 1.807) is 7.11 Å². The minimum Gasteiger partial charge on any atom is -0.371 e. The zero-order valence-corrected chi connectivity index (χ0v) is 10.7. The lowest BCUT2D eigenvalue weighted by atomic mass is 10.1. The van der Waals surface area contributed by atoms with Gasteiger partial charge in [-0.25, -0.2) is 0 Å². The predicted octanol–water partition coefficient (Wildman–Crippen LogP) is 2.91. The molecular formula is C15H20O3. The third-order valence-electron chi connectivity index (χ3n) is 3.13. The Kier molecular flexibility index (Phi) is 4.93. The molecule has 0 unspecified atom stereocenters. The van der Waals surface area contributed by atoms with E-state index in [0.29, 0.717) is 6.61 Å². The largest absolute Gasteiger partial charge is 0.371 e. The molecule has 3 atom stereocenters. The van der Waals surface area contributed by atoms with E-state index in [9.17, 15) is 0 Å². The average Bonchev–Trinajstić information content (AvgIpc) is 2.81. The third-order valence-corrected chi connectivity index (χ3v) is 3.13. The second kappa shape index (κ2) is 6.69. The molecule has 0 saturated carbocycles. The summed E-state index contributed by atoms with van der Waals surface area (Å²) in [5, 5.41) is 0. The summed E-state index contributed by atoms with van der Waals surface area (Å²) in [6, 6.07) is 10.2. The van der Waals surface area contributed by atoms with Crippen LogP contribution in [0.4, 0.5) is 0 Å². The molecule has 1 aliphatic heterocycles. The van der Waals surface area contributed by atoms with E-state index < -0.39 is 0 Å². The zero-order chi connectivity index (χ0) is 12.8. The van der Waals surface area contributed by atoms with Crippen molar-refractivity contribution in [2.24, 2.45) is 0 Å². The van der Waals surface area contributed by atoms with E-state index in [1.165, 1.54) is 5.56 Å². The van der Waals surface area contributed by atoms with Crippen molar-refractivity contribution in [2.75, 3.05) is 7.11 Å². The molecule has 1 saturated heterocycles. The first-order chi connectivity index (χ1) is 8.83. The Labute approximate surface area is 108 Å². The van der Waals surface area contributed by atoms with E-state index in [-0.39, 0.29) is 18.5 Å². The average molecular weight is 248 g/mol. The fourth-order valence-electron chi connectivity index (χ4n) is 2.16. The topological polar surface area (TPSA) is 27.7 Å². The maximum absolute atomic E-state index is 5.93. The summed E-state index contributed by atoms with van der Waals surface area (Å²) in [7, 11) is 1.66. The number of hydrogen-bond acceptors (Lipinski definition) is 3. The molecule has 0 N–H and O–H groups in total. The minimum atomic E-state index is -0.157. The van der Waals surface area contributed by atoms with E-state index in [1.807, 2.05) is 24.3 Å². The molecule has 1 aromatic rings. The van der Waals surface area contributed by atoms with Crippen molar-refractivity contribution < 1.29 is 14.2 Å². The van der Waals surface area contributed by atoms with Gasteiger partial charge in [0.1, 0.15) is 0 Å². The van der Waals surface area contributed by atoms with Gasteiger partial charge in [0.25, 0.3) is 0 Å². The van der Waals surface area contributed by atoms with Gasteiger partial charge in [0.2, 0.25) is 0 Å². The van der Waals surface area contributed by atoms with Crippen molar-refractivity contribution in [1.82, 2.24) is 0 Å². The Morgan fingerprint density at radius 3 is 2.83 bits per heavy atom. The van der Waals surface area contributed by atoms with E-state index in [2.05, 4.69) is 18.7 Å². The van der Waals surface area contributed by atoms with Crippen LogP contribution in [-0.2, 0) is 20.8 Å². The summed E-state index contributed by atoms with van der Waals surface area (Å²) in [4.78, 5) is 0. The van der Waals surface area contributed by atoms with Gasteiger partial charge in [0.05, 0.1) is 18.8 Å². The van der Waals surface area contributed by atoms with Crippen LogP contribution in [0.2, 0.25) is 0 Å². The summed E-state index contributed by atoms with van der Waals surface area (Å²) in [5.41, 5.74) is 1.18. The molecule has 0 radical (unpaired) electrons. The molecule has 1 aliphatic rings. The van der Waals surface area contributed by atoms with Gasteiger partial charge >= 0.3 is 0 Å². The Morgan fingerprint density at radius 2 is 2.17 bits per heavy atom. The highest BCUT2D eigenvalue weighted by Crippen LogP contribution is 2.26. The molecule has 18 heavy (non-hydrogen) atoms. The van der Waals surface area contributed by atoms with Gasteiger partial charge in [-0.05, 0) is 12.0 Å². The van der Waals surface area contributed by atoms with Crippen LogP contribution >= 0.6 is 0 Å². The Bertz CT molecular complexity index is 363. The summed E-state index contributed by atoms with van der Waals surface area (Å²) in [5.74, 6) is 0. The summed E-state index contributed by atoms with van der Waals surface area (Å²) in [6.07, 6.45) is 3.41. The molecule has 0 bridgehead atoms. The van der Waals surface area contributed by atoms with E-state index >= 15 is 0 Å². The Morgan fingerprint density at radius 1 is 1.39 bits per heavy atom. The normalized spacial score (nSPS) is 27.3. The van der Waals surface area contributed by atoms with Gasteiger partial charge in [0.15, 0.2) is 6.29 Å². The van der Waals surface area contributed by atoms with Gasteiger partial charge < -0.3 is 14.2 Å². The van der Waals surface area contributed by atoms with Crippen LogP contribution < -0.4 is 0 Å². The van der Waals surface area contributed by atoms with Crippen LogP contribution in [0.3, 0.4) is 0 Å². The summed E-state index contributed by atoms with van der Waals surface area (Å²) >= 11 is 0. The third kappa shape index (κ3) is 3.42. The first-order valence-electron chi connectivity index (χ1n) is 6.28. The highest BCUT2D eigenvalue weighted by molar-refractivity contribution is 5.13. The monoisotopic (exact) mass is 248 g/mol. The number of ether oxygens (including phenoxy) is 3. The van der Waals surface area contributed by atoms with Gasteiger partial charge in [-0.15, -0.1) is 6.58 Å². The smallest absolute Gasteiger partial charge is 0.160 e. The van der Waals surface area contributed by atoms with Crippen LogP contribution in [0.25, 0.3) is 0 Å². The van der Waals surface area contributed by atoms with Gasteiger partial charge in [-0.2, -0.15) is 0 Å². The maximum atomic E-state index is 5.93. The predicted molar refractivity (Wildman–Crippen MR) is 70.1 cm³/mol. The van der Waals surface area contributed by atoms with Gasteiger partial charge in [-0.1, -0.05) is 36.4 Å². The van der Waals surface area contributed by atoms with Crippen molar-refractivity contribution in [2.45, 2.75) is 37.9 Å². The fraction of sp³-hybridized carbons (Fsp3) is 0.467. The highest BCUT2D eigenvalue weighted by atomic mass is 16.7. The Balaban J connectivity index is 1.88. The lowest BCUT2D eigenvalue weighted by Crippen LogP contribution is -2.23. The first-order valence-corrected chi connectivity index (χ1v) is 6.28. The van der Waals surface area contributed by atoms with Crippen LogP contribution in [0, 0.1) is 0 Å². The van der Waals surface area contributed by atoms with Crippen LogP contribution in [0.5, 0.6) is 0 Å². The van der Waals surface area contributed by atoms with E-state index in [0.717, 1.165) is 12.8 Å². The first kappa shape index (κ1) is 13.3.